The molecule has 1 amide bonds. The molecule has 0 saturated carbocycles. The Kier molecular flexibility index (Phi) is 9.44. The molecule has 0 bridgehead atoms. The molecule has 0 saturated heterocycles. The third-order valence-corrected chi connectivity index (χ3v) is 4.73. The fourth-order valence-electron chi connectivity index (χ4n) is 3.08. The van der Waals surface area contributed by atoms with Gasteiger partial charge in [-0.1, -0.05) is 36.4 Å². The lowest BCUT2D eigenvalue weighted by atomic mass is 10.1. The summed E-state index contributed by atoms with van der Waals surface area (Å²) in [5.74, 6) is -0.988. The largest absolute Gasteiger partial charge is 0.488 e. The number of methoxy groups -OCH3 is 1. The molecule has 0 unspecified atom stereocenters. The van der Waals surface area contributed by atoms with Crippen molar-refractivity contribution in [1.29, 1.82) is 0 Å². The van der Waals surface area contributed by atoms with E-state index >= 15 is 0 Å². The van der Waals surface area contributed by atoms with Gasteiger partial charge in [0.2, 0.25) is 0 Å². The quantitative estimate of drug-likeness (QED) is 0.449. The van der Waals surface area contributed by atoms with Crippen LogP contribution in [0.2, 0.25) is 0 Å². The first kappa shape index (κ1) is 26.7. The number of carbonyl (C=O) groups excluding carboxylic acids is 2. The number of hydrogen-bond acceptors (Lipinski definition) is 7. The third-order valence-electron chi connectivity index (χ3n) is 4.73. The lowest BCUT2D eigenvalue weighted by Gasteiger charge is -2.21. The maximum atomic E-state index is 12.2. The minimum absolute atomic E-state index is 0.0413. The maximum Gasteiger partial charge on any atom is 0.408 e. The van der Waals surface area contributed by atoms with Gasteiger partial charge in [0, 0.05) is 6.42 Å². The highest BCUT2D eigenvalue weighted by Crippen LogP contribution is 2.19. The van der Waals surface area contributed by atoms with Gasteiger partial charge in [-0.3, -0.25) is 4.79 Å². The number of hydrogen-bond donors (Lipinski definition) is 3. The average Bonchev–Trinajstić information content (AvgIpc) is 2.77. The Bertz CT molecular complexity index is 966. The summed E-state index contributed by atoms with van der Waals surface area (Å²) in [5, 5.41) is 11.9. The molecule has 0 aromatic heterocycles. The molecular weight excluding hydrogens is 440 g/mol. The number of carboxylic acids is 1. The molecule has 2 aromatic carbocycles. The van der Waals surface area contributed by atoms with Crippen LogP contribution in [0.15, 0.2) is 48.5 Å². The molecule has 0 aliphatic carbocycles. The van der Waals surface area contributed by atoms with Crippen molar-refractivity contribution < 1.29 is 33.7 Å². The van der Waals surface area contributed by atoms with E-state index in [1.165, 1.54) is 7.11 Å². The molecule has 2 rings (SSSR count). The maximum absolute atomic E-state index is 12.2. The first-order valence-corrected chi connectivity index (χ1v) is 10.8. The summed E-state index contributed by atoms with van der Waals surface area (Å²) >= 11 is 0. The molecule has 0 fully saturated rings. The SMILES string of the molecule is COC(=O)[C@@H](N)Cc1ccc(COC(=O)N[C@@H](Cc2ccc(OC(C)(C)C)cc2)C(=O)O)cc1. The van der Waals surface area contributed by atoms with Crippen LogP contribution < -0.4 is 15.8 Å². The fraction of sp³-hybridized carbons (Fsp3) is 0.400. The molecule has 0 spiro atoms. The Hall–Kier alpha value is -3.59. The molecule has 9 nitrogen and oxygen atoms in total. The van der Waals surface area contributed by atoms with Gasteiger partial charge in [-0.15, -0.1) is 0 Å². The van der Waals surface area contributed by atoms with Crippen LogP contribution in [0.4, 0.5) is 4.79 Å². The summed E-state index contributed by atoms with van der Waals surface area (Å²) in [7, 11) is 1.28. The van der Waals surface area contributed by atoms with Crippen LogP contribution in [0.25, 0.3) is 0 Å². The van der Waals surface area contributed by atoms with Crippen LogP contribution in [0.1, 0.15) is 37.5 Å². The predicted octanol–water partition coefficient (Wildman–Crippen LogP) is 2.83. The summed E-state index contributed by atoms with van der Waals surface area (Å²) in [6.45, 7) is 5.77. The van der Waals surface area contributed by atoms with E-state index < -0.39 is 30.1 Å². The lowest BCUT2D eigenvalue weighted by Crippen LogP contribution is -2.42. The molecular formula is C25H32N2O7. The van der Waals surface area contributed by atoms with Crippen molar-refractivity contribution in [3.05, 3.63) is 65.2 Å². The van der Waals surface area contributed by atoms with E-state index in [0.29, 0.717) is 17.7 Å². The standard InChI is InChI=1S/C25H32N2O7/c1-25(2,3)34-19-11-9-17(10-12-19)14-21(22(28)29)27-24(31)33-15-18-7-5-16(6-8-18)13-20(26)23(30)32-4/h5-12,20-21H,13-15,26H2,1-4H3,(H,27,31)(H,28,29)/t20-,21-/m0/s1. The van der Waals surface area contributed by atoms with Crippen molar-refractivity contribution in [1.82, 2.24) is 5.32 Å². The van der Waals surface area contributed by atoms with Crippen LogP contribution in [0.3, 0.4) is 0 Å². The zero-order valence-electron chi connectivity index (χ0n) is 19.9. The van der Waals surface area contributed by atoms with Gasteiger partial charge < -0.3 is 30.4 Å². The number of amides is 1. The van der Waals surface area contributed by atoms with Crippen LogP contribution in [-0.2, 0) is 38.5 Å². The van der Waals surface area contributed by atoms with Gasteiger partial charge in [-0.05, 0) is 56.0 Å². The van der Waals surface area contributed by atoms with E-state index in [1.54, 1.807) is 48.5 Å². The van der Waals surface area contributed by atoms with E-state index in [1.807, 2.05) is 20.8 Å². The first-order chi connectivity index (χ1) is 16.0. The summed E-state index contributed by atoms with van der Waals surface area (Å²) in [6.07, 6.45) is -0.426. The number of alkyl carbamates (subject to hydrolysis) is 1. The van der Waals surface area contributed by atoms with Crippen LogP contribution in [-0.4, -0.2) is 47.9 Å². The van der Waals surface area contributed by atoms with E-state index in [0.717, 1.165) is 11.1 Å². The highest BCUT2D eigenvalue weighted by atomic mass is 16.5. The minimum atomic E-state index is -1.17. The Morgan fingerprint density at radius 1 is 0.941 bits per heavy atom. The van der Waals surface area contributed by atoms with Crippen LogP contribution in [0, 0.1) is 0 Å². The monoisotopic (exact) mass is 472 g/mol. The number of carbonyl (C=O) groups is 3. The van der Waals surface area contributed by atoms with Crippen LogP contribution >= 0.6 is 0 Å². The highest BCUT2D eigenvalue weighted by molar-refractivity contribution is 5.80. The zero-order chi connectivity index (χ0) is 25.3. The zero-order valence-corrected chi connectivity index (χ0v) is 19.9. The number of esters is 1. The molecule has 0 aliphatic heterocycles. The Morgan fingerprint density at radius 2 is 1.47 bits per heavy atom. The molecule has 2 aromatic rings. The molecule has 0 aliphatic rings. The molecule has 9 heteroatoms. The van der Waals surface area contributed by atoms with Crippen LogP contribution in [0.5, 0.6) is 5.75 Å². The molecule has 0 radical (unpaired) electrons. The molecule has 2 atom stereocenters. The van der Waals surface area contributed by atoms with Crippen molar-refractivity contribution in [3.8, 4) is 5.75 Å². The smallest absolute Gasteiger partial charge is 0.408 e. The summed E-state index contributed by atoms with van der Waals surface area (Å²) < 4.78 is 15.5. The van der Waals surface area contributed by atoms with Crippen molar-refractivity contribution in [3.63, 3.8) is 0 Å². The number of nitrogens with two attached hydrogens (primary N) is 1. The Balaban J connectivity index is 1.87. The lowest BCUT2D eigenvalue weighted by molar-refractivity contribution is -0.142. The predicted molar refractivity (Wildman–Crippen MR) is 125 cm³/mol. The Morgan fingerprint density at radius 3 is 2.00 bits per heavy atom. The summed E-state index contributed by atoms with van der Waals surface area (Å²) in [6, 6.07) is 12.2. The second-order valence-corrected chi connectivity index (χ2v) is 8.82. The van der Waals surface area contributed by atoms with E-state index in [2.05, 4.69) is 10.1 Å². The highest BCUT2D eigenvalue weighted by Gasteiger charge is 2.22. The Labute approximate surface area is 199 Å². The number of rotatable bonds is 10. The van der Waals surface area contributed by atoms with Crippen molar-refractivity contribution in [2.75, 3.05) is 7.11 Å². The second kappa shape index (κ2) is 12.0. The van der Waals surface area contributed by atoms with Crippen molar-refractivity contribution in [2.24, 2.45) is 5.73 Å². The van der Waals surface area contributed by atoms with Crippen molar-refractivity contribution >= 4 is 18.0 Å². The van der Waals surface area contributed by atoms with Gasteiger partial charge in [-0.2, -0.15) is 0 Å². The van der Waals surface area contributed by atoms with Gasteiger partial charge in [-0.25, -0.2) is 9.59 Å². The molecule has 184 valence electrons. The average molecular weight is 473 g/mol. The van der Waals surface area contributed by atoms with Crippen molar-refractivity contribution in [2.45, 2.75) is 57.9 Å². The molecule has 34 heavy (non-hydrogen) atoms. The summed E-state index contributed by atoms with van der Waals surface area (Å²) in [5.41, 5.74) is 7.67. The topological polar surface area (TPSA) is 137 Å². The van der Waals surface area contributed by atoms with E-state index in [9.17, 15) is 19.5 Å². The summed E-state index contributed by atoms with van der Waals surface area (Å²) in [4.78, 5) is 35.2. The van der Waals surface area contributed by atoms with Gasteiger partial charge in [0.15, 0.2) is 0 Å². The number of carboxylic acid groups (broad SMARTS) is 1. The third kappa shape index (κ3) is 9.11. The molecule has 4 N–H and O–H groups in total. The minimum Gasteiger partial charge on any atom is -0.488 e. The van der Waals surface area contributed by atoms with Gasteiger partial charge >= 0.3 is 18.0 Å². The van der Waals surface area contributed by atoms with Gasteiger partial charge in [0.05, 0.1) is 7.11 Å². The number of nitrogens with one attached hydrogen (secondary N) is 1. The fourth-order valence-corrected chi connectivity index (χ4v) is 3.08. The number of ether oxygens (including phenoxy) is 3. The second-order valence-electron chi connectivity index (χ2n) is 8.82. The molecule has 0 heterocycles. The van der Waals surface area contributed by atoms with E-state index in [4.69, 9.17) is 15.2 Å². The number of aliphatic carboxylic acids is 1. The van der Waals surface area contributed by atoms with Gasteiger partial charge in [0.1, 0.15) is 30.0 Å². The normalized spacial score (nSPS) is 12.9. The number of benzene rings is 2. The first-order valence-electron chi connectivity index (χ1n) is 10.8. The van der Waals surface area contributed by atoms with E-state index in [-0.39, 0.29) is 18.6 Å². The van der Waals surface area contributed by atoms with Gasteiger partial charge in [0.25, 0.3) is 0 Å².